The molecule has 0 spiro atoms. The molecule has 0 atom stereocenters. The van der Waals surface area contributed by atoms with Gasteiger partial charge in [0.2, 0.25) is 5.91 Å². The van der Waals surface area contributed by atoms with E-state index in [1.54, 1.807) is 17.8 Å². The molecule has 1 aromatic rings. The lowest BCUT2D eigenvalue weighted by molar-refractivity contribution is -0.131. The van der Waals surface area contributed by atoms with Crippen LogP contribution in [0.3, 0.4) is 0 Å². The zero-order valence-corrected chi connectivity index (χ0v) is 13.0. The summed E-state index contributed by atoms with van der Waals surface area (Å²) in [4.78, 5) is 14.1. The van der Waals surface area contributed by atoms with E-state index < -0.39 is 0 Å². The van der Waals surface area contributed by atoms with Crippen LogP contribution >= 0.6 is 23.4 Å². The zero-order valence-electron chi connectivity index (χ0n) is 11.4. The van der Waals surface area contributed by atoms with Crippen LogP contribution in [0.4, 0.5) is 0 Å². The number of nitrogens with zero attached hydrogens (tertiary/aromatic N) is 2. The van der Waals surface area contributed by atoms with E-state index >= 15 is 0 Å². The molecule has 5 heteroatoms. The van der Waals surface area contributed by atoms with E-state index in [-0.39, 0.29) is 10.7 Å². The smallest absolute Gasteiger partial charge is 0.226 e. The van der Waals surface area contributed by atoms with E-state index in [1.807, 2.05) is 29.4 Å². The number of rotatable bonds is 3. The van der Waals surface area contributed by atoms with Crippen molar-refractivity contribution in [1.82, 2.24) is 4.90 Å². The van der Waals surface area contributed by atoms with Crippen LogP contribution in [0, 0.1) is 11.3 Å². The molecule has 0 N–H and O–H groups in total. The Bertz CT molecular complexity index is 533. The lowest BCUT2D eigenvalue weighted by atomic mass is 9.96. The van der Waals surface area contributed by atoms with Crippen molar-refractivity contribution in [2.24, 2.45) is 0 Å². The van der Waals surface area contributed by atoms with Crippen molar-refractivity contribution >= 4 is 29.3 Å². The molecule has 0 aromatic heterocycles. The summed E-state index contributed by atoms with van der Waals surface area (Å²) < 4.78 is -0.313. The topological polar surface area (TPSA) is 44.1 Å². The molecule has 1 saturated heterocycles. The van der Waals surface area contributed by atoms with Gasteiger partial charge in [-0.2, -0.15) is 5.26 Å². The number of carbonyl (C=O) groups excluding carboxylic acids is 1. The second-order valence-electron chi connectivity index (χ2n) is 5.00. The molecule has 1 fully saturated rings. The minimum Gasteiger partial charge on any atom is -0.342 e. The number of thioether (sulfide) groups is 1. The molecule has 1 amide bonds. The fraction of sp³-hybridized carbons (Fsp3) is 0.467. The quantitative estimate of drug-likeness (QED) is 0.861. The SMILES string of the molecule is CSC1(C#N)CCN(C(=O)Cc2cccc(Cl)c2)CC1. The van der Waals surface area contributed by atoms with Gasteiger partial charge in [-0.25, -0.2) is 0 Å². The number of carbonyl (C=O) groups is 1. The van der Waals surface area contributed by atoms with Crippen LogP contribution in [0.25, 0.3) is 0 Å². The largest absolute Gasteiger partial charge is 0.342 e. The van der Waals surface area contributed by atoms with E-state index in [0.717, 1.165) is 18.4 Å². The van der Waals surface area contributed by atoms with Gasteiger partial charge in [-0.05, 0) is 36.8 Å². The predicted octanol–water partition coefficient (Wildman–Crippen LogP) is 3.13. The lowest BCUT2D eigenvalue weighted by Crippen LogP contribution is -2.44. The predicted molar refractivity (Wildman–Crippen MR) is 82.8 cm³/mol. The Kier molecular flexibility index (Phi) is 4.95. The van der Waals surface area contributed by atoms with Gasteiger partial charge in [0, 0.05) is 18.1 Å². The highest BCUT2D eigenvalue weighted by Crippen LogP contribution is 2.33. The Hall–Kier alpha value is -1.18. The number of likely N-dealkylation sites (tertiary alicyclic amines) is 1. The van der Waals surface area contributed by atoms with Crippen LogP contribution in [-0.4, -0.2) is 34.9 Å². The van der Waals surface area contributed by atoms with E-state index in [9.17, 15) is 10.1 Å². The molecule has 0 aliphatic carbocycles. The number of nitriles is 1. The number of amides is 1. The van der Waals surface area contributed by atoms with Crippen molar-refractivity contribution in [2.45, 2.75) is 24.0 Å². The molecule has 0 radical (unpaired) electrons. The van der Waals surface area contributed by atoms with Crippen molar-refractivity contribution in [3.05, 3.63) is 34.9 Å². The summed E-state index contributed by atoms with van der Waals surface area (Å²) in [5.41, 5.74) is 0.935. The maximum Gasteiger partial charge on any atom is 0.226 e. The van der Waals surface area contributed by atoms with Gasteiger partial charge in [-0.3, -0.25) is 4.79 Å². The first kappa shape index (κ1) is 15.2. The fourth-order valence-corrected chi connectivity index (χ4v) is 3.31. The number of benzene rings is 1. The molecule has 1 aliphatic rings. The standard InChI is InChI=1S/C15H17ClN2OS/c1-20-15(11-17)5-7-18(8-6-15)14(19)10-12-3-2-4-13(16)9-12/h2-4,9H,5-8,10H2,1H3. The van der Waals surface area contributed by atoms with Crippen molar-refractivity contribution in [3.8, 4) is 6.07 Å². The van der Waals surface area contributed by atoms with Crippen molar-refractivity contribution in [1.29, 1.82) is 5.26 Å². The summed E-state index contributed by atoms with van der Waals surface area (Å²) in [6.45, 7) is 1.32. The summed E-state index contributed by atoms with van der Waals surface area (Å²) in [7, 11) is 0. The average molecular weight is 309 g/mol. The monoisotopic (exact) mass is 308 g/mol. The average Bonchev–Trinajstić information content (AvgIpc) is 2.47. The molecule has 1 aromatic carbocycles. The molecule has 0 saturated carbocycles. The molecule has 20 heavy (non-hydrogen) atoms. The van der Waals surface area contributed by atoms with Crippen molar-refractivity contribution < 1.29 is 4.79 Å². The summed E-state index contributed by atoms with van der Waals surface area (Å²) in [6, 6.07) is 9.79. The summed E-state index contributed by atoms with van der Waals surface area (Å²) in [6.07, 6.45) is 3.82. The second-order valence-corrected chi connectivity index (χ2v) is 6.62. The third-order valence-corrected chi connectivity index (χ3v) is 5.28. The first-order chi connectivity index (χ1) is 9.58. The van der Waals surface area contributed by atoms with Gasteiger partial charge < -0.3 is 4.90 Å². The molecule has 0 bridgehead atoms. The number of piperidine rings is 1. The van der Waals surface area contributed by atoms with Crippen LogP contribution in [0.1, 0.15) is 18.4 Å². The number of hydrogen-bond donors (Lipinski definition) is 0. The molecule has 2 rings (SSSR count). The van der Waals surface area contributed by atoms with Gasteiger partial charge in [0.25, 0.3) is 0 Å². The Labute approximate surface area is 128 Å². The van der Waals surface area contributed by atoms with Gasteiger partial charge in [0.1, 0.15) is 4.75 Å². The number of hydrogen-bond acceptors (Lipinski definition) is 3. The van der Waals surface area contributed by atoms with E-state index in [4.69, 9.17) is 11.6 Å². The maximum absolute atomic E-state index is 12.3. The molecular weight excluding hydrogens is 292 g/mol. The molecule has 1 aliphatic heterocycles. The summed E-state index contributed by atoms with van der Waals surface area (Å²) in [5, 5.41) is 9.90. The summed E-state index contributed by atoms with van der Waals surface area (Å²) in [5.74, 6) is 0.111. The van der Waals surface area contributed by atoms with Crippen LogP contribution < -0.4 is 0 Å². The fourth-order valence-electron chi connectivity index (χ4n) is 2.41. The minimum atomic E-state index is -0.313. The van der Waals surface area contributed by atoms with Gasteiger partial charge in [-0.15, -0.1) is 11.8 Å². The molecule has 106 valence electrons. The molecular formula is C15H17ClN2OS. The lowest BCUT2D eigenvalue weighted by Gasteiger charge is -2.36. The molecule has 3 nitrogen and oxygen atoms in total. The van der Waals surface area contributed by atoms with Gasteiger partial charge >= 0.3 is 0 Å². The third kappa shape index (κ3) is 3.47. The van der Waals surface area contributed by atoms with E-state index in [1.165, 1.54) is 0 Å². The summed E-state index contributed by atoms with van der Waals surface area (Å²) >= 11 is 7.52. The van der Waals surface area contributed by atoms with Crippen molar-refractivity contribution in [2.75, 3.05) is 19.3 Å². The van der Waals surface area contributed by atoms with Crippen LogP contribution in [0.2, 0.25) is 5.02 Å². The van der Waals surface area contributed by atoms with E-state index in [0.29, 0.717) is 24.5 Å². The minimum absolute atomic E-state index is 0.111. The molecule has 0 unspecified atom stereocenters. The highest BCUT2D eigenvalue weighted by Gasteiger charge is 2.35. The Balaban J connectivity index is 1.94. The highest BCUT2D eigenvalue weighted by molar-refractivity contribution is 8.00. The van der Waals surface area contributed by atoms with Gasteiger partial charge in [-0.1, -0.05) is 23.7 Å². The van der Waals surface area contributed by atoms with Crippen molar-refractivity contribution in [3.63, 3.8) is 0 Å². The van der Waals surface area contributed by atoms with Crippen LogP contribution in [0.5, 0.6) is 0 Å². The van der Waals surface area contributed by atoms with E-state index in [2.05, 4.69) is 6.07 Å². The van der Waals surface area contributed by atoms with Gasteiger partial charge in [0.05, 0.1) is 12.5 Å². The number of halogens is 1. The third-order valence-electron chi connectivity index (χ3n) is 3.76. The highest BCUT2D eigenvalue weighted by atomic mass is 35.5. The second kappa shape index (κ2) is 6.51. The van der Waals surface area contributed by atoms with Crippen LogP contribution in [-0.2, 0) is 11.2 Å². The Morgan fingerprint density at radius 2 is 2.20 bits per heavy atom. The Morgan fingerprint density at radius 3 is 2.75 bits per heavy atom. The normalized spacial score (nSPS) is 17.6. The maximum atomic E-state index is 12.3. The van der Waals surface area contributed by atoms with Crippen LogP contribution in [0.15, 0.2) is 24.3 Å². The molecule has 1 heterocycles. The van der Waals surface area contributed by atoms with Gasteiger partial charge in [0.15, 0.2) is 0 Å². The zero-order chi connectivity index (χ0) is 14.6. The Morgan fingerprint density at radius 1 is 1.50 bits per heavy atom. The first-order valence-electron chi connectivity index (χ1n) is 6.57. The first-order valence-corrected chi connectivity index (χ1v) is 8.17.